The van der Waals surface area contributed by atoms with Crippen molar-refractivity contribution in [2.45, 2.75) is 76.0 Å². The number of unbranched alkanes of at least 4 members (excludes halogenated alkanes) is 3. The maximum absolute atomic E-state index is 11.4. The van der Waals surface area contributed by atoms with Crippen molar-refractivity contribution in [1.29, 1.82) is 0 Å². The molecule has 0 radical (unpaired) electrons. The SMILES string of the molecule is CC1=C(Oc2ccc(S(=O)(=O)O)cc2)/C(=C/C=C2/N(CCCCCCO)c3ccccc3C2(C)C)CCC1. The van der Waals surface area contributed by atoms with Crippen LogP contribution in [0, 0.1) is 0 Å². The third-order valence-electron chi connectivity index (χ3n) is 7.55. The number of allylic oxidation sites excluding steroid dienone is 5. The lowest BCUT2D eigenvalue weighted by Gasteiger charge is -2.27. The molecule has 0 unspecified atom stereocenters. The van der Waals surface area contributed by atoms with Crippen molar-refractivity contribution in [3.8, 4) is 5.75 Å². The monoisotopic (exact) mass is 537 g/mol. The van der Waals surface area contributed by atoms with Gasteiger partial charge in [-0.15, -0.1) is 0 Å². The Balaban J connectivity index is 1.62. The van der Waals surface area contributed by atoms with E-state index in [1.807, 2.05) is 0 Å². The highest BCUT2D eigenvalue weighted by atomic mass is 32.2. The predicted molar refractivity (Wildman–Crippen MR) is 152 cm³/mol. The van der Waals surface area contributed by atoms with Crippen LogP contribution in [0.15, 0.2) is 88.2 Å². The maximum atomic E-state index is 11.4. The van der Waals surface area contributed by atoms with E-state index in [2.05, 4.69) is 62.1 Å². The Hall–Kier alpha value is -2.87. The van der Waals surface area contributed by atoms with Gasteiger partial charge in [-0.1, -0.05) is 51.0 Å². The van der Waals surface area contributed by atoms with Crippen molar-refractivity contribution in [3.63, 3.8) is 0 Å². The summed E-state index contributed by atoms with van der Waals surface area (Å²) in [5.41, 5.74) is 5.98. The van der Waals surface area contributed by atoms with Crippen LogP contribution >= 0.6 is 0 Å². The molecule has 2 N–H and O–H groups in total. The van der Waals surface area contributed by atoms with Crippen molar-refractivity contribution < 1.29 is 22.8 Å². The first kappa shape index (κ1) is 28.1. The average Bonchev–Trinajstić information content (AvgIpc) is 3.10. The summed E-state index contributed by atoms with van der Waals surface area (Å²) in [5.74, 6) is 1.36. The summed E-state index contributed by atoms with van der Waals surface area (Å²) < 4.78 is 38.3. The number of aliphatic hydroxyl groups is 1. The molecule has 0 spiro atoms. The van der Waals surface area contributed by atoms with Crippen LogP contribution in [0.3, 0.4) is 0 Å². The number of hydrogen-bond donors (Lipinski definition) is 2. The van der Waals surface area contributed by atoms with Crippen molar-refractivity contribution >= 4 is 15.8 Å². The summed E-state index contributed by atoms with van der Waals surface area (Å²) in [4.78, 5) is 2.29. The number of nitrogens with zero attached hydrogens (tertiary/aromatic N) is 1. The van der Waals surface area contributed by atoms with E-state index in [1.165, 1.54) is 29.1 Å². The molecule has 2 aliphatic rings. The molecule has 0 saturated heterocycles. The fourth-order valence-corrected chi connectivity index (χ4v) is 5.93. The summed E-state index contributed by atoms with van der Waals surface area (Å²) >= 11 is 0. The molecule has 0 fully saturated rings. The smallest absolute Gasteiger partial charge is 0.294 e. The number of para-hydroxylation sites is 1. The molecule has 7 heteroatoms. The summed E-state index contributed by atoms with van der Waals surface area (Å²) in [6, 6.07) is 14.5. The summed E-state index contributed by atoms with van der Waals surface area (Å²) in [6.45, 7) is 7.81. The Bertz CT molecular complexity index is 1340. The minimum absolute atomic E-state index is 0.140. The van der Waals surface area contributed by atoms with Gasteiger partial charge in [0.15, 0.2) is 0 Å². The first-order chi connectivity index (χ1) is 18.1. The first-order valence-corrected chi connectivity index (χ1v) is 14.9. The zero-order valence-corrected chi connectivity index (χ0v) is 23.4. The highest BCUT2D eigenvalue weighted by molar-refractivity contribution is 7.85. The number of benzene rings is 2. The lowest BCUT2D eigenvalue weighted by molar-refractivity contribution is 0.282. The van der Waals surface area contributed by atoms with Gasteiger partial charge in [0.25, 0.3) is 10.1 Å². The second-order valence-corrected chi connectivity index (χ2v) is 12.1. The van der Waals surface area contributed by atoms with Gasteiger partial charge in [0.2, 0.25) is 0 Å². The number of fused-ring (bicyclic) bond motifs is 1. The number of rotatable bonds is 10. The molecule has 1 aliphatic carbocycles. The zero-order chi connectivity index (χ0) is 27.3. The molecular formula is C31H39NO5S. The molecule has 0 aromatic heterocycles. The van der Waals surface area contributed by atoms with Crippen molar-refractivity contribution in [3.05, 3.63) is 88.8 Å². The third kappa shape index (κ3) is 6.22. The van der Waals surface area contributed by atoms with E-state index in [1.54, 1.807) is 12.1 Å². The molecular weight excluding hydrogens is 498 g/mol. The topological polar surface area (TPSA) is 87.1 Å². The minimum atomic E-state index is -4.25. The molecule has 1 heterocycles. The van der Waals surface area contributed by atoms with Gasteiger partial charge in [-0.25, -0.2) is 0 Å². The standard InChI is InChI=1S/C31H39NO5S/c1-23-11-10-12-24(30(23)37-25-16-18-26(19-17-25)38(34,35)36)15-20-29-31(2,3)27-13-6-7-14-28(27)32(29)21-8-4-5-9-22-33/h6-7,13-20,33H,4-5,8-12,21-22H2,1-3H3,(H,34,35,36)/b24-15+,29-20+. The molecule has 0 bridgehead atoms. The second-order valence-electron chi connectivity index (χ2n) is 10.7. The van der Waals surface area contributed by atoms with E-state index >= 15 is 0 Å². The van der Waals surface area contributed by atoms with Gasteiger partial charge in [-0.3, -0.25) is 4.55 Å². The number of anilines is 1. The van der Waals surface area contributed by atoms with Crippen LogP contribution in [0.25, 0.3) is 0 Å². The van der Waals surface area contributed by atoms with Crippen molar-refractivity contribution in [2.24, 2.45) is 0 Å². The van der Waals surface area contributed by atoms with E-state index in [9.17, 15) is 13.0 Å². The number of hydrogen-bond acceptors (Lipinski definition) is 5. The van der Waals surface area contributed by atoms with Crippen LogP contribution in [0.4, 0.5) is 5.69 Å². The van der Waals surface area contributed by atoms with Gasteiger partial charge in [0.1, 0.15) is 11.5 Å². The Morgan fingerprint density at radius 2 is 1.68 bits per heavy atom. The molecule has 6 nitrogen and oxygen atoms in total. The zero-order valence-electron chi connectivity index (χ0n) is 22.6. The molecule has 38 heavy (non-hydrogen) atoms. The second kappa shape index (κ2) is 11.9. The lowest BCUT2D eigenvalue weighted by Crippen LogP contribution is -2.27. The van der Waals surface area contributed by atoms with E-state index in [4.69, 9.17) is 9.84 Å². The van der Waals surface area contributed by atoms with Crippen molar-refractivity contribution in [2.75, 3.05) is 18.1 Å². The summed E-state index contributed by atoms with van der Waals surface area (Å²) in [7, 11) is -4.25. The quantitative estimate of drug-likeness (QED) is 0.252. The first-order valence-electron chi connectivity index (χ1n) is 13.5. The molecule has 0 amide bonds. The van der Waals surface area contributed by atoms with Crippen LogP contribution in [0.5, 0.6) is 5.75 Å². The van der Waals surface area contributed by atoms with Crippen LogP contribution in [-0.2, 0) is 15.5 Å². The highest BCUT2D eigenvalue weighted by Crippen LogP contribution is 2.48. The van der Waals surface area contributed by atoms with Crippen LogP contribution in [0.1, 0.15) is 71.3 Å². The van der Waals surface area contributed by atoms with Gasteiger partial charge < -0.3 is 14.7 Å². The van der Waals surface area contributed by atoms with Gasteiger partial charge in [0, 0.05) is 30.0 Å². The molecule has 2 aromatic carbocycles. The minimum Gasteiger partial charge on any atom is -0.457 e. The molecule has 204 valence electrons. The van der Waals surface area contributed by atoms with E-state index < -0.39 is 10.1 Å². The third-order valence-corrected chi connectivity index (χ3v) is 8.42. The van der Waals surface area contributed by atoms with Gasteiger partial charge in [-0.05, 0) is 92.1 Å². The molecule has 4 rings (SSSR count). The Morgan fingerprint density at radius 3 is 2.39 bits per heavy atom. The Labute approximate surface area is 227 Å². The fourth-order valence-electron chi connectivity index (χ4n) is 5.45. The normalized spacial score (nSPS) is 19.3. The van der Waals surface area contributed by atoms with Crippen LogP contribution < -0.4 is 9.64 Å². The average molecular weight is 538 g/mol. The number of ether oxygens (including phenoxy) is 1. The lowest BCUT2D eigenvalue weighted by atomic mass is 9.83. The summed E-state index contributed by atoms with van der Waals surface area (Å²) in [6.07, 6.45) is 11.4. The van der Waals surface area contributed by atoms with Crippen LogP contribution in [-0.4, -0.2) is 31.2 Å². The largest absolute Gasteiger partial charge is 0.457 e. The molecule has 0 atom stereocenters. The van der Waals surface area contributed by atoms with Gasteiger partial charge in [-0.2, -0.15) is 8.42 Å². The Kier molecular flexibility index (Phi) is 8.81. The van der Waals surface area contributed by atoms with Crippen LogP contribution in [0.2, 0.25) is 0 Å². The molecule has 2 aromatic rings. The predicted octanol–water partition coefficient (Wildman–Crippen LogP) is 6.93. The summed E-state index contributed by atoms with van der Waals surface area (Å²) in [5, 5.41) is 9.12. The fraction of sp³-hybridized carbons (Fsp3) is 0.419. The highest BCUT2D eigenvalue weighted by Gasteiger charge is 2.39. The van der Waals surface area contributed by atoms with E-state index in [0.717, 1.165) is 68.4 Å². The van der Waals surface area contributed by atoms with Gasteiger partial charge >= 0.3 is 0 Å². The van der Waals surface area contributed by atoms with Gasteiger partial charge in [0.05, 0.1) is 4.90 Å². The molecule has 1 aliphatic heterocycles. The van der Waals surface area contributed by atoms with E-state index in [0.29, 0.717) is 5.75 Å². The van der Waals surface area contributed by atoms with E-state index in [-0.39, 0.29) is 16.9 Å². The Morgan fingerprint density at radius 1 is 0.974 bits per heavy atom. The maximum Gasteiger partial charge on any atom is 0.294 e. The van der Waals surface area contributed by atoms with Crippen molar-refractivity contribution in [1.82, 2.24) is 0 Å². The number of aliphatic hydroxyl groups excluding tert-OH is 1. The molecule has 0 saturated carbocycles.